The molecule has 3 rings (SSSR count). The van der Waals surface area contributed by atoms with E-state index in [1.165, 1.54) is 24.3 Å². The number of nitro groups is 1. The second-order valence-electron chi connectivity index (χ2n) is 6.05. The molecule has 0 radical (unpaired) electrons. The third kappa shape index (κ3) is 5.78. The molecule has 0 atom stereocenters. The lowest BCUT2D eigenvalue weighted by atomic mass is 10.2. The standard InChI is InChI=1S/C20H14I2N2O7/c1-2-29-17(25)10-30-18-14(21)7-11(8-15(18)22)9-16-20(26)31-19(23-16)12-3-5-13(6-4-12)24(27)28/h3-9H,2,10H2,1H3/b16-9-. The SMILES string of the molecule is CCOC(=O)COc1c(I)cc(/C=C2\N=C(c3ccc([N+](=O)[O-])cc3)OC2=O)cc1I. The molecule has 0 spiro atoms. The van der Waals surface area contributed by atoms with Crippen molar-refractivity contribution >= 4 is 74.8 Å². The van der Waals surface area contributed by atoms with Crippen LogP contribution in [-0.2, 0) is 19.1 Å². The summed E-state index contributed by atoms with van der Waals surface area (Å²) in [7, 11) is 0. The molecule has 1 aliphatic heterocycles. The molecular formula is C20H14I2N2O7. The zero-order valence-electron chi connectivity index (χ0n) is 16.0. The van der Waals surface area contributed by atoms with Crippen LogP contribution in [0.1, 0.15) is 18.1 Å². The fourth-order valence-corrected chi connectivity index (χ4v) is 4.68. The van der Waals surface area contributed by atoms with Gasteiger partial charge in [0, 0.05) is 17.7 Å². The lowest BCUT2D eigenvalue weighted by Crippen LogP contribution is -2.15. The van der Waals surface area contributed by atoms with Gasteiger partial charge in [0.25, 0.3) is 5.69 Å². The van der Waals surface area contributed by atoms with Crippen molar-refractivity contribution in [3.05, 3.63) is 70.5 Å². The average molecular weight is 648 g/mol. The molecule has 0 bridgehead atoms. The summed E-state index contributed by atoms with van der Waals surface area (Å²) in [6.45, 7) is 1.80. The minimum Gasteiger partial charge on any atom is -0.480 e. The number of aliphatic imine (C=N–C) groups is 1. The molecule has 2 aromatic carbocycles. The molecule has 11 heteroatoms. The molecule has 31 heavy (non-hydrogen) atoms. The van der Waals surface area contributed by atoms with Crippen molar-refractivity contribution in [2.45, 2.75) is 6.92 Å². The van der Waals surface area contributed by atoms with E-state index in [0.717, 1.165) is 7.14 Å². The second kappa shape index (κ2) is 10.2. The largest absolute Gasteiger partial charge is 0.480 e. The van der Waals surface area contributed by atoms with Gasteiger partial charge in [0.1, 0.15) is 5.75 Å². The van der Waals surface area contributed by atoms with Crippen LogP contribution in [0.15, 0.2) is 47.1 Å². The van der Waals surface area contributed by atoms with E-state index in [0.29, 0.717) is 16.9 Å². The van der Waals surface area contributed by atoms with Crippen molar-refractivity contribution in [2.75, 3.05) is 13.2 Å². The Morgan fingerprint density at radius 1 is 1.23 bits per heavy atom. The minimum atomic E-state index is -0.624. The fraction of sp³-hybridized carbons (Fsp3) is 0.150. The third-order valence-corrected chi connectivity index (χ3v) is 5.51. The van der Waals surface area contributed by atoms with E-state index >= 15 is 0 Å². The van der Waals surface area contributed by atoms with E-state index < -0.39 is 16.9 Å². The highest BCUT2D eigenvalue weighted by molar-refractivity contribution is 14.1. The summed E-state index contributed by atoms with van der Waals surface area (Å²) in [5.41, 5.74) is 1.17. The van der Waals surface area contributed by atoms with Gasteiger partial charge < -0.3 is 14.2 Å². The van der Waals surface area contributed by atoms with Crippen LogP contribution in [0.3, 0.4) is 0 Å². The van der Waals surface area contributed by atoms with E-state index in [2.05, 4.69) is 50.2 Å². The number of carbonyl (C=O) groups excluding carboxylic acids is 2. The normalized spacial score (nSPS) is 14.2. The number of cyclic esters (lactones) is 1. The Morgan fingerprint density at radius 3 is 2.45 bits per heavy atom. The van der Waals surface area contributed by atoms with E-state index in [9.17, 15) is 19.7 Å². The number of halogens is 2. The maximum atomic E-state index is 12.2. The van der Waals surface area contributed by atoms with Crippen molar-refractivity contribution in [2.24, 2.45) is 4.99 Å². The molecule has 0 amide bonds. The van der Waals surface area contributed by atoms with Crippen LogP contribution in [-0.4, -0.2) is 36.0 Å². The van der Waals surface area contributed by atoms with Crippen molar-refractivity contribution < 1.29 is 28.7 Å². The quantitative estimate of drug-likeness (QED) is 0.146. The van der Waals surface area contributed by atoms with Crippen LogP contribution in [0.4, 0.5) is 5.69 Å². The van der Waals surface area contributed by atoms with Gasteiger partial charge in [0.05, 0.1) is 18.7 Å². The highest BCUT2D eigenvalue weighted by atomic mass is 127. The monoisotopic (exact) mass is 648 g/mol. The highest BCUT2D eigenvalue weighted by Gasteiger charge is 2.25. The van der Waals surface area contributed by atoms with Gasteiger partial charge in [-0.2, -0.15) is 0 Å². The summed E-state index contributed by atoms with van der Waals surface area (Å²) < 4.78 is 17.1. The van der Waals surface area contributed by atoms with Crippen LogP contribution in [0, 0.1) is 17.3 Å². The molecule has 1 aliphatic rings. The van der Waals surface area contributed by atoms with Crippen molar-refractivity contribution in [3.63, 3.8) is 0 Å². The summed E-state index contributed by atoms with van der Waals surface area (Å²) in [6, 6.07) is 9.12. The number of non-ortho nitro benzene ring substituents is 1. The molecule has 2 aromatic rings. The smallest absolute Gasteiger partial charge is 0.363 e. The van der Waals surface area contributed by atoms with E-state index in [1.807, 2.05) is 0 Å². The first kappa shape index (κ1) is 23.1. The van der Waals surface area contributed by atoms with Gasteiger partial charge in [0.2, 0.25) is 5.90 Å². The minimum absolute atomic E-state index is 0.0705. The Morgan fingerprint density at radius 2 is 1.87 bits per heavy atom. The molecule has 0 aliphatic carbocycles. The molecule has 0 saturated heterocycles. The number of esters is 2. The summed E-state index contributed by atoms with van der Waals surface area (Å²) in [5.74, 6) is -0.464. The molecule has 0 saturated carbocycles. The van der Waals surface area contributed by atoms with Gasteiger partial charge in [-0.3, -0.25) is 10.1 Å². The van der Waals surface area contributed by atoms with E-state index in [-0.39, 0.29) is 30.5 Å². The Bertz CT molecular complexity index is 1090. The van der Waals surface area contributed by atoms with Gasteiger partial charge in [-0.05, 0) is 88.0 Å². The Hall–Kier alpha value is -2.55. The van der Waals surface area contributed by atoms with Crippen molar-refractivity contribution in [1.82, 2.24) is 0 Å². The lowest BCUT2D eigenvalue weighted by Gasteiger charge is -2.11. The maximum Gasteiger partial charge on any atom is 0.363 e. The van der Waals surface area contributed by atoms with Crippen LogP contribution < -0.4 is 4.74 Å². The van der Waals surface area contributed by atoms with Gasteiger partial charge >= 0.3 is 11.9 Å². The summed E-state index contributed by atoms with van der Waals surface area (Å²) in [5, 5.41) is 10.8. The van der Waals surface area contributed by atoms with Crippen molar-refractivity contribution in [3.8, 4) is 5.75 Å². The molecule has 160 valence electrons. The molecule has 0 aromatic heterocycles. The molecule has 0 N–H and O–H groups in total. The molecule has 9 nitrogen and oxygen atoms in total. The molecule has 0 unspecified atom stereocenters. The number of ether oxygens (including phenoxy) is 3. The molecule has 1 heterocycles. The van der Waals surface area contributed by atoms with E-state index in [1.54, 1.807) is 25.1 Å². The van der Waals surface area contributed by atoms with E-state index in [4.69, 9.17) is 14.2 Å². The fourth-order valence-electron chi connectivity index (χ4n) is 2.55. The molecule has 0 fully saturated rings. The van der Waals surface area contributed by atoms with Gasteiger partial charge in [0.15, 0.2) is 12.3 Å². The topological polar surface area (TPSA) is 117 Å². The number of rotatable bonds is 7. The van der Waals surface area contributed by atoms with Gasteiger partial charge in [-0.1, -0.05) is 0 Å². The average Bonchev–Trinajstić information content (AvgIpc) is 3.08. The first-order valence-corrected chi connectivity index (χ1v) is 11.0. The zero-order chi connectivity index (χ0) is 22.5. The number of nitrogens with zero attached hydrogens (tertiary/aromatic N) is 2. The van der Waals surface area contributed by atoms with Crippen LogP contribution in [0.25, 0.3) is 6.08 Å². The van der Waals surface area contributed by atoms with Gasteiger partial charge in [-0.15, -0.1) is 0 Å². The number of carbonyl (C=O) groups is 2. The third-order valence-electron chi connectivity index (χ3n) is 3.91. The molecular weight excluding hydrogens is 634 g/mol. The Balaban J connectivity index is 1.81. The zero-order valence-corrected chi connectivity index (χ0v) is 20.3. The summed E-state index contributed by atoms with van der Waals surface area (Å²) in [4.78, 5) is 38.2. The number of hydrogen-bond donors (Lipinski definition) is 0. The predicted octanol–water partition coefficient (Wildman–Crippen LogP) is 4.09. The number of benzene rings is 2. The summed E-state index contributed by atoms with van der Waals surface area (Å²) in [6.07, 6.45) is 1.57. The Labute approximate surface area is 203 Å². The lowest BCUT2D eigenvalue weighted by molar-refractivity contribution is -0.384. The van der Waals surface area contributed by atoms with Crippen LogP contribution in [0.5, 0.6) is 5.75 Å². The second-order valence-corrected chi connectivity index (χ2v) is 8.37. The Kier molecular flexibility index (Phi) is 7.59. The van der Waals surface area contributed by atoms with Crippen LogP contribution >= 0.6 is 45.2 Å². The maximum absolute atomic E-state index is 12.2. The number of nitro benzene ring substituents is 1. The predicted molar refractivity (Wildman–Crippen MR) is 128 cm³/mol. The summed E-state index contributed by atoms with van der Waals surface area (Å²) >= 11 is 4.15. The highest BCUT2D eigenvalue weighted by Crippen LogP contribution is 2.30. The first-order valence-electron chi connectivity index (χ1n) is 8.83. The van der Waals surface area contributed by atoms with Crippen LogP contribution in [0.2, 0.25) is 0 Å². The van der Waals surface area contributed by atoms with Gasteiger partial charge in [-0.25, -0.2) is 14.6 Å². The number of hydrogen-bond acceptors (Lipinski definition) is 8. The van der Waals surface area contributed by atoms with Crippen molar-refractivity contribution in [1.29, 1.82) is 0 Å². The first-order chi connectivity index (χ1) is 14.8.